The fraction of sp³-hybridized carbons (Fsp3) is 0. The van der Waals surface area contributed by atoms with E-state index < -0.39 is 0 Å². The predicted octanol–water partition coefficient (Wildman–Crippen LogP) is 13.3. The average Bonchev–Trinajstić information content (AvgIpc) is 3.76. The monoisotopic (exact) mass is 686 g/mol. The van der Waals surface area contributed by atoms with Gasteiger partial charge in [0.05, 0.1) is 46.0 Å². The van der Waals surface area contributed by atoms with Crippen molar-refractivity contribution < 1.29 is 0 Å². The molecule has 10 rings (SSSR count). The fourth-order valence-corrected chi connectivity index (χ4v) is 8.24. The largest absolute Gasteiger partial charge is 0.309 e. The minimum atomic E-state index is 0.507. The summed E-state index contributed by atoms with van der Waals surface area (Å²) in [7, 11) is 0. The lowest BCUT2D eigenvalue weighted by atomic mass is 9.89. The fourth-order valence-electron chi connectivity index (χ4n) is 8.24. The molecule has 54 heavy (non-hydrogen) atoms. The zero-order valence-electron chi connectivity index (χ0n) is 29.1. The van der Waals surface area contributed by atoms with Gasteiger partial charge in [-0.25, -0.2) is 4.85 Å². The number of benzene rings is 8. The van der Waals surface area contributed by atoms with Crippen molar-refractivity contribution in [3.05, 3.63) is 199 Å². The number of aromatic nitrogens is 2. The molecule has 0 amide bonds. The topological polar surface area (TPSA) is 38.0 Å². The van der Waals surface area contributed by atoms with Crippen LogP contribution in [-0.4, -0.2) is 9.13 Å². The van der Waals surface area contributed by atoms with Gasteiger partial charge in [0.25, 0.3) is 0 Å². The molecule has 10 aromatic rings. The van der Waals surface area contributed by atoms with E-state index in [1.165, 1.54) is 21.7 Å². The van der Waals surface area contributed by atoms with Gasteiger partial charge in [-0.3, -0.25) is 0 Å². The van der Waals surface area contributed by atoms with Crippen LogP contribution >= 0.6 is 0 Å². The van der Waals surface area contributed by atoms with Crippen molar-refractivity contribution in [2.45, 2.75) is 0 Å². The van der Waals surface area contributed by atoms with Crippen LogP contribution in [0.1, 0.15) is 5.56 Å². The molecule has 0 aliphatic rings. The number of rotatable bonds is 5. The second-order valence-corrected chi connectivity index (χ2v) is 13.5. The molecule has 8 aromatic carbocycles. The van der Waals surface area contributed by atoms with Crippen LogP contribution in [0.4, 0.5) is 5.69 Å². The highest BCUT2D eigenvalue weighted by Crippen LogP contribution is 2.47. The first-order valence-corrected chi connectivity index (χ1v) is 18.0. The lowest BCUT2D eigenvalue weighted by Crippen LogP contribution is -2.02. The van der Waals surface area contributed by atoms with Crippen molar-refractivity contribution in [3.8, 4) is 50.8 Å². The van der Waals surface area contributed by atoms with Crippen LogP contribution < -0.4 is 0 Å². The van der Waals surface area contributed by atoms with E-state index in [4.69, 9.17) is 6.57 Å². The maximum absolute atomic E-state index is 9.89. The minimum absolute atomic E-state index is 0.507. The quantitative estimate of drug-likeness (QED) is 0.166. The number of nitriles is 1. The molecule has 0 saturated heterocycles. The van der Waals surface area contributed by atoms with E-state index in [1.807, 2.05) is 18.2 Å². The summed E-state index contributed by atoms with van der Waals surface area (Å²) < 4.78 is 4.85. The Morgan fingerprint density at radius 1 is 0.463 bits per heavy atom. The number of fused-ring (bicyclic) bond motifs is 7. The zero-order chi connectivity index (χ0) is 36.2. The molecule has 0 unspecified atom stereocenters. The molecular formula is C50H30N4. The van der Waals surface area contributed by atoms with E-state index in [0.29, 0.717) is 11.3 Å². The van der Waals surface area contributed by atoms with Crippen molar-refractivity contribution >= 4 is 49.3 Å². The van der Waals surface area contributed by atoms with Gasteiger partial charge in [-0.1, -0.05) is 133 Å². The molecular weight excluding hydrogens is 657 g/mol. The van der Waals surface area contributed by atoms with Crippen LogP contribution in [0.15, 0.2) is 182 Å². The van der Waals surface area contributed by atoms with Crippen LogP contribution in [0.25, 0.3) is 93.2 Å². The summed E-state index contributed by atoms with van der Waals surface area (Å²) in [5.41, 5.74) is 13.5. The number of nitrogens with zero attached hydrogens (tertiary/aromatic N) is 4. The summed E-state index contributed by atoms with van der Waals surface area (Å²) in [6.07, 6.45) is 0. The first kappa shape index (κ1) is 31.1. The third-order valence-corrected chi connectivity index (χ3v) is 10.5. The summed E-state index contributed by atoms with van der Waals surface area (Å²) in [4.78, 5) is 3.89. The lowest BCUT2D eigenvalue weighted by molar-refractivity contribution is 1.18. The van der Waals surface area contributed by atoms with Gasteiger partial charge in [-0.15, -0.1) is 0 Å². The predicted molar refractivity (Wildman–Crippen MR) is 222 cm³/mol. The lowest BCUT2D eigenvalue weighted by Gasteiger charge is -2.21. The molecule has 0 N–H and O–H groups in total. The Morgan fingerprint density at radius 3 is 1.67 bits per heavy atom. The second-order valence-electron chi connectivity index (χ2n) is 13.5. The van der Waals surface area contributed by atoms with Crippen LogP contribution in [0.5, 0.6) is 0 Å². The molecule has 0 saturated carbocycles. The smallest absolute Gasteiger partial charge is 0.194 e. The van der Waals surface area contributed by atoms with E-state index >= 15 is 0 Å². The molecule has 0 bridgehead atoms. The van der Waals surface area contributed by atoms with Gasteiger partial charge < -0.3 is 9.13 Å². The Labute approximate surface area is 312 Å². The molecule has 4 heteroatoms. The Bertz CT molecular complexity index is 3100. The highest BCUT2D eigenvalue weighted by Gasteiger charge is 2.25. The maximum atomic E-state index is 9.89. The van der Waals surface area contributed by atoms with Gasteiger partial charge in [0.1, 0.15) is 0 Å². The summed E-state index contributed by atoms with van der Waals surface area (Å²) >= 11 is 0. The maximum Gasteiger partial charge on any atom is 0.194 e. The Morgan fingerprint density at radius 2 is 1.04 bits per heavy atom. The highest BCUT2D eigenvalue weighted by atomic mass is 15.0. The molecule has 0 fully saturated rings. The van der Waals surface area contributed by atoms with Crippen LogP contribution in [0, 0.1) is 17.9 Å². The molecule has 0 aliphatic carbocycles. The number of hydrogen-bond acceptors (Lipinski definition) is 1. The molecule has 4 nitrogen and oxygen atoms in total. The SMILES string of the molecule is [C-]#[N+]c1ccc(C#N)cc1-c1cc(-c2ccccc2)c(-n2c3ccccc3c3c2ccc2c4ccccc4n(-c4ccccc4)c23)c(-c2ccccc2)c1. The summed E-state index contributed by atoms with van der Waals surface area (Å²) in [6.45, 7) is 8.06. The van der Waals surface area contributed by atoms with Crippen LogP contribution in [0.2, 0.25) is 0 Å². The Kier molecular flexibility index (Phi) is 7.22. The summed E-state index contributed by atoms with van der Waals surface area (Å²) in [5, 5.41) is 14.7. The van der Waals surface area contributed by atoms with Crippen molar-refractivity contribution in [3.63, 3.8) is 0 Å². The molecule has 2 heterocycles. The van der Waals surface area contributed by atoms with Gasteiger partial charge in [-0.05, 0) is 70.8 Å². The molecule has 250 valence electrons. The summed E-state index contributed by atoms with van der Waals surface area (Å²) in [5.74, 6) is 0. The second kappa shape index (κ2) is 12.5. The van der Waals surface area contributed by atoms with Gasteiger partial charge in [0.2, 0.25) is 0 Å². The third kappa shape index (κ3) is 4.76. The first-order chi connectivity index (χ1) is 26.7. The van der Waals surface area contributed by atoms with Crippen molar-refractivity contribution in [1.82, 2.24) is 9.13 Å². The van der Waals surface area contributed by atoms with Crippen molar-refractivity contribution in [2.75, 3.05) is 0 Å². The van der Waals surface area contributed by atoms with E-state index in [2.05, 4.69) is 172 Å². The molecule has 0 radical (unpaired) electrons. The molecule has 0 atom stereocenters. The van der Waals surface area contributed by atoms with Crippen LogP contribution in [-0.2, 0) is 0 Å². The van der Waals surface area contributed by atoms with E-state index in [0.717, 1.165) is 66.7 Å². The first-order valence-electron chi connectivity index (χ1n) is 18.0. The van der Waals surface area contributed by atoms with Crippen molar-refractivity contribution in [1.29, 1.82) is 5.26 Å². The Balaban J connectivity index is 1.41. The third-order valence-electron chi connectivity index (χ3n) is 10.5. The highest BCUT2D eigenvalue weighted by molar-refractivity contribution is 6.26. The van der Waals surface area contributed by atoms with Gasteiger partial charge in [0.15, 0.2) is 5.69 Å². The van der Waals surface area contributed by atoms with Crippen LogP contribution in [0.3, 0.4) is 0 Å². The van der Waals surface area contributed by atoms with Gasteiger partial charge in [-0.2, -0.15) is 5.26 Å². The normalized spacial score (nSPS) is 11.3. The standard InChI is InChI=1S/C50H30N4/c1-52-44-27-25-33(32-51)29-41(44)36-30-42(34-15-5-2-6-16-34)49(43(31-36)35-17-7-3-8-18-35)54-46-24-14-12-22-40(46)48-47(54)28-26-39-38-21-11-13-23-45(38)53(50(39)48)37-19-9-4-10-20-37/h2-31H. The zero-order valence-corrected chi connectivity index (χ0v) is 29.1. The minimum Gasteiger partial charge on any atom is -0.309 e. The van der Waals surface area contributed by atoms with E-state index in [9.17, 15) is 5.26 Å². The van der Waals surface area contributed by atoms with Gasteiger partial charge in [0, 0.05) is 38.4 Å². The van der Waals surface area contributed by atoms with E-state index in [-0.39, 0.29) is 0 Å². The summed E-state index contributed by atoms with van der Waals surface area (Å²) in [6, 6.07) is 65.6. The van der Waals surface area contributed by atoms with E-state index in [1.54, 1.807) is 12.1 Å². The molecule has 2 aromatic heterocycles. The van der Waals surface area contributed by atoms with Crippen molar-refractivity contribution in [2.24, 2.45) is 0 Å². The Hall–Kier alpha value is -7.66. The number of para-hydroxylation sites is 3. The van der Waals surface area contributed by atoms with Gasteiger partial charge >= 0.3 is 0 Å². The molecule has 0 aliphatic heterocycles. The molecule has 0 spiro atoms. The average molecular weight is 687 g/mol. The number of hydrogen-bond donors (Lipinski definition) is 0.